The van der Waals surface area contributed by atoms with Crippen molar-refractivity contribution in [2.45, 2.75) is 37.8 Å². The Kier molecular flexibility index (Phi) is 5.01. The lowest BCUT2D eigenvalue weighted by molar-refractivity contribution is 0.561. The van der Waals surface area contributed by atoms with E-state index in [9.17, 15) is 8.42 Å². The lowest BCUT2D eigenvalue weighted by atomic mass is 10.2. The summed E-state index contributed by atoms with van der Waals surface area (Å²) in [4.78, 5) is 0.384. The van der Waals surface area contributed by atoms with Crippen LogP contribution in [0.4, 0.5) is 5.69 Å². The average molecular weight is 307 g/mol. The Morgan fingerprint density at radius 2 is 2.00 bits per heavy atom. The molecule has 1 atom stereocenters. The summed E-state index contributed by atoms with van der Waals surface area (Å²) in [6.07, 6.45) is 4.29. The average Bonchev–Trinajstić information content (AvgIpc) is 2.92. The van der Waals surface area contributed by atoms with E-state index in [-0.39, 0.29) is 11.8 Å². The normalized spacial score (nSPS) is 13.0. The molecule has 114 valence electrons. The Morgan fingerprint density at radius 1 is 1.29 bits per heavy atom. The van der Waals surface area contributed by atoms with Crippen molar-refractivity contribution in [3.63, 3.8) is 0 Å². The maximum Gasteiger partial charge on any atom is 0.178 e. The van der Waals surface area contributed by atoms with Crippen LogP contribution in [0.15, 0.2) is 47.6 Å². The Balaban J connectivity index is 1.99. The molecule has 1 aromatic carbocycles. The quantitative estimate of drug-likeness (QED) is 0.854. The van der Waals surface area contributed by atoms with E-state index >= 15 is 0 Å². The fraction of sp³-hybridized carbons (Fsp3) is 0.400. The maximum atomic E-state index is 11.9. The third-order valence-electron chi connectivity index (χ3n) is 3.12. The van der Waals surface area contributed by atoms with Crippen LogP contribution in [0, 0.1) is 0 Å². The van der Waals surface area contributed by atoms with E-state index in [0.717, 1.165) is 12.2 Å². The molecule has 0 aliphatic rings. The van der Waals surface area contributed by atoms with Gasteiger partial charge in [0.25, 0.3) is 0 Å². The number of nitrogens with zero attached hydrogens (tertiary/aromatic N) is 2. The van der Waals surface area contributed by atoms with Gasteiger partial charge in [0.2, 0.25) is 0 Å². The van der Waals surface area contributed by atoms with Gasteiger partial charge in [0.05, 0.1) is 17.2 Å². The van der Waals surface area contributed by atoms with Gasteiger partial charge >= 0.3 is 0 Å². The zero-order chi connectivity index (χ0) is 15.3. The highest BCUT2D eigenvalue weighted by molar-refractivity contribution is 7.91. The molecule has 0 amide bonds. The van der Waals surface area contributed by atoms with E-state index in [1.165, 1.54) is 0 Å². The minimum absolute atomic E-state index is 0.190. The van der Waals surface area contributed by atoms with Crippen molar-refractivity contribution in [1.29, 1.82) is 0 Å². The molecule has 0 saturated carbocycles. The van der Waals surface area contributed by atoms with Crippen LogP contribution in [0.25, 0.3) is 0 Å². The first-order valence-electron chi connectivity index (χ1n) is 7.08. The largest absolute Gasteiger partial charge is 0.381 e. The SMILES string of the molecule is CCCS(=O)(=O)c1ccc(NC(C)Cn2cccn2)cc1. The number of aromatic nitrogens is 2. The molecular formula is C15H21N3O2S. The van der Waals surface area contributed by atoms with Gasteiger partial charge in [-0.25, -0.2) is 8.42 Å². The van der Waals surface area contributed by atoms with E-state index in [1.807, 2.05) is 36.0 Å². The van der Waals surface area contributed by atoms with Gasteiger partial charge in [-0.2, -0.15) is 5.10 Å². The molecule has 0 fully saturated rings. The summed E-state index contributed by atoms with van der Waals surface area (Å²) in [6, 6.07) is 9.02. The minimum Gasteiger partial charge on any atom is -0.381 e. The number of nitrogens with one attached hydrogen (secondary N) is 1. The lowest BCUT2D eigenvalue weighted by Crippen LogP contribution is -2.22. The highest BCUT2D eigenvalue weighted by atomic mass is 32.2. The van der Waals surface area contributed by atoms with E-state index in [0.29, 0.717) is 11.3 Å². The van der Waals surface area contributed by atoms with Crippen molar-refractivity contribution >= 4 is 15.5 Å². The highest BCUT2D eigenvalue weighted by Crippen LogP contribution is 2.16. The summed E-state index contributed by atoms with van der Waals surface area (Å²) < 4.78 is 25.7. The van der Waals surface area contributed by atoms with Crippen LogP contribution < -0.4 is 5.32 Å². The molecule has 0 saturated heterocycles. The summed E-state index contributed by atoms with van der Waals surface area (Å²) in [5, 5.41) is 7.50. The Hall–Kier alpha value is -1.82. The van der Waals surface area contributed by atoms with Crippen molar-refractivity contribution in [2.75, 3.05) is 11.1 Å². The van der Waals surface area contributed by atoms with E-state index in [4.69, 9.17) is 0 Å². The number of hydrogen-bond acceptors (Lipinski definition) is 4. The number of hydrogen-bond donors (Lipinski definition) is 1. The van der Waals surface area contributed by atoms with E-state index in [1.54, 1.807) is 18.3 Å². The molecule has 1 N–H and O–H groups in total. The molecule has 0 radical (unpaired) electrons. The maximum absolute atomic E-state index is 11.9. The van der Waals surface area contributed by atoms with Crippen molar-refractivity contribution in [3.8, 4) is 0 Å². The first-order valence-corrected chi connectivity index (χ1v) is 8.73. The third-order valence-corrected chi connectivity index (χ3v) is 5.06. The van der Waals surface area contributed by atoms with Gasteiger partial charge in [-0.05, 0) is 43.7 Å². The molecule has 21 heavy (non-hydrogen) atoms. The second kappa shape index (κ2) is 6.76. The smallest absolute Gasteiger partial charge is 0.178 e. The zero-order valence-electron chi connectivity index (χ0n) is 12.4. The molecule has 1 unspecified atom stereocenters. The molecule has 0 aliphatic carbocycles. The number of rotatable bonds is 7. The fourth-order valence-corrected chi connectivity index (χ4v) is 3.49. The van der Waals surface area contributed by atoms with Crippen molar-refractivity contribution in [3.05, 3.63) is 42.7 Å². The highest BCUT2D eigenvalue weighted by Gasteiger charge is 2.12. The van der Waals surface area contributed by atoms with Gasteiger partial charge in [0, 0.05) is 24.1 Å². The van der Waals surface area contributed by atoms with Crippen LogP contribution in [0.3, 0.4) is 0 Å². The first kappa shape index (κ1) is 15.6. The van der Waals surface area contributed by atoms with Gasteiger partial charge in [-0.3, -0.25) is 4.68 Å². The topological polar surface area (TPSA) is 64.0 Å². The third kappa shape index (κ3) is 4.32. The molecule has 0 bridgehead atoms. The van der Waals surface area contributed by atoms with Gasteiger partial charge in [0.15, 0.2) is 9.84 Å². The molecular weight excluding hydrogens is 286 g/mol. The van der Waals surface area contributed by atoms with Crippen LogP contribution in [0.1, 0.15) is 20.3 Å². The molecule has 0 aliphatic heterocycles. The second-order valence-corrected chi connectivity index (χ2v) is 7.23. The molecule has 2 aromatic rings. The summed E-state index contributed by atoms with van der Waals surface area (Å²) in [7, 11) is -3.14. The molecule has 5 nitrogen and oxygen atoms in total. The second-order valence-electron chi connectivity index (χ2n) is 5.12. The lowest BCUT2D eigenvalue weighted by Gasteiger charge is -2.15. The van der Waals surface area contributed by atoms with E-state index < -0.39 is 9.84 Å². The predicted octanol–water partition coefficient (Wildman–Crippen LogP) is 2.57. The summed E-state index contributed by atoms with van der Waals surface area (Å²) in [5.74, 6) is 0.190. The summed E-state index contributed by atoms with van der Waals surface area (Å²) in [6.45, 7) is 4.68. The minimum atomic E-state index is -3.14. The standard InChI is InChI=1S/C15H21N3O2S/c1-3-11-21(19,20)15-7-5-14(6-8-15)17-13(2)12-18-10-4-9-16-18/h4-10,13,17H,3,11-12H2,1-2H3. The molecule has 1 aromatic heterocycles. The fourth-order valence-electron chi connectivity index (χ4n) is 2.16. The van der Waals surface area contributed by atoms with Gasteiger partial charge in [-0.15, -0.1) is 0 Å². The molecule has 0 spiro atoms. The first-order chi connectivity index (χ1) is 10.0. The number of anilines is 1. The van der Waals surface area contributed by atoms with Crippen LogP contribution in [-0.4, -0.2) is 30.0 Å². The van der Waals surface area contributed by atoms with Gasteiger partial charge in [0.1, 0.15) is 0 Å². The number of benzene rings is 1. The number of sulfone groups is 1. The summed E-state index contributed by atoms with van der Waals surface area (Å²) >= 11 is 0. The van der Waals surface area contributed by atoms with Crippen LogP contribution in [0.5, 0.6) is 0 Å². The van der Waals surface area contributed by atoms with Crippen LogP contribution in [-0.2, 0) is 16.4 Å². The zero-order valence-corrected chi connectivity index (χ0v) is 13.2. The Labute approximate surface area is 125 Å². The van der Waals surface area contributed by atoms with Crippen molar-refractivity contribution in [2.24, 2.45) is 0 Å². The van der Waals surface area contributed by atoms with Crippen LogP contribution >= 0.6 is 0 Å². The monoisotopic (exact) mass is 307 g/mol. The van der Waals surface area contributed by atoms with Crippen LogP contribution in [0.2, 0.25) is 0 Å². The van der Waals surface area contributed by atoms with Gasteiger partial charge < -0.3 is 5.32 Å². The molecule has 1 heterocycles. The predicted molar refractivity (Wildman–Crippen MR) is 84.1 cm³/mol. The van der Waals surface area contributed by atoms with Gasteiger partial charge in [-0.1, -0.05) is 6.92 Å². The van der Waals surface area contributed by atoms with E-state index in [2.05, 4.69) is 17.3 Å². The molecule has 6 heteroatoms. The summed E-state index contributed by atoms with van der Waals surface area (Å²) in [5.41, 5.74) is 0.908. The molecule has 2 rings (SSSR count). The van der Waals surface area contributed by atoms with Crippen molar-refractivity contribution in [1.82, 2.24) is 9.78 Å². The Morgan fingerprint density at radius 3 is 2.57 bits per heavy atom. The Bertz CT molecular complexity index is 649. The van der Waals surface area contributed by atoms with Crippen molar-refractivity contribution < 1.29 is 8.42 Å².